The maximum absolute atomic E-state index is 12.2. The lowest BCUT2D eigenvalue weighted by Gasteiger charge is -2.09. The summed E-state index contributed by atoms with van der Waals surface area (Å²) in [6, 6.07) is 17.1. The highest BCUT2D eigenvalue weighted by atomic mass is 35.5. The van der Waals surface area contributed by atoms with Gasteiger partial charge < -0.3 is 15.7 Å². The average Bonchev–Trinajstić information content (AvgIpc) is 2.61. The number of phenolic OH excluding ortho intramolecular Hbond substituents is 1. The number of hydrogen-bond donors (Lipinski definition) is 3. The molecule has 0 saturated carbocycles. The lowest BCUT2D eigenvalue weighted by Crippen LogP contribution is -2.32. The minimum Gasteiger partial charge on any atom is -0.507 e. The summed E-state index contributed by atoms with van der Waals surface area (Å²) in [5.74, 6) is -1.03. The normalized spacial score (nSPS) is 10.4. The number of nitrogens with one attached hydrogen (secondary N) is 2. The van der Waals surface area contributed by atoms with Crippen LogP contribution in [0.1, 0.15) is 10.4 Å². The Kier molecular flexibility index (Phi) is 4.86. The van der Waals surface area contributed by atoms with Gasteiger partial charge in [-0.15, -0.1) is 0 Å². The van der Waals surface area contributed by atoms with Gasteiger partial charge in [0.1, 0.15) is 5.75 Å². The molecular formula is C19H15ClN2O3. The van der Waals surface area contributed by atoms with Gasteiger partial charge in [-0.1, -0.05) is 35.9 Å². The van der Waals surface area contributed by atoms with E-state index >= 15 is 0 Å². The fourth-order valence-electron chi connectivity index (χ4n) is 2.40. The molecule has 0 bridgehead atoms. The number of hydrogen-bond acceptors (Lipinski definition) is 3. The zero-order valence-electron chi connectivity index (χ0n) is 13.1. The fraction of sp³-hybridized carbons (Fsp3) is 0.0526. The summed E-state index contributed by atoms with van der Waals surface area (Å²) >= 11 is 5.78. The number of amides is 2. The van der Waals surface area contributed by atoms with E-state index in [1.807, 2.05) is 24.3 Å². The third-order valence-electron chi connectivity index (χ3n) is 3.65. The van der Waals surface area contributed by atoms with Crippen LogP contribution in [0.4, 0.5) is 5.69 Å². The third-order valence-corrected chi connectivity index (χ3v) is 3.90. The summed E-state index contributed by atoms with van der Waals surface area (Å²) in [6.07, 6.45) is 0. The summed E-state index contributed by atoms with van der Waals surface area (Å²) < 4.78 is 0. The lowest BCUT2D eigenvalue weighted by atomic mass is 10.1. The molecule has 3 aromatic carbocycles. The lowest BCUT2D eigenvalue weighted by molar-refractivity contribution is -0.115. The van der Waals surface area contributed by atoms with E-state index in [4.69, 9.17) is 11.6 Å². The van der Waals surface area contributed by atoms with Gasteiger partial charge >= 0.3 is 0 Å². The fourth-order valence-corrected chi connectivity index (χ4v) is 2.53. The maximum atomic E-state index is 12.2. The monoisotopic (exact) mass is 354 g/mol. The maximum Gasteiger partial charge on any atom is 0.255 e. The molecule has 0 atom stereocenters. The van der Waals surface area contributed by atoms with Crippen molar-refractivity contribution >= 4 is 39.9 Å². The van der Waals surface area contributed by atoms with Crippen LogP contribution in [-0.4, -0.2) is 23.5 Å². The Hall–Kier alpha value is -3.05. The minimum atomic E-state index is -0.519. The summed E-state index contributed by atoms with van der Waals surface area (Å²) in [5, 5.41) is 17.4. The zero-order chi connectivity index (χ0) is 17.8. The second-order valence-corrected chi connectivity index (χ2v) is 5.89. The first-order chi connectivity index (χ1) is 12.0. The van der Waals surface area contributed by atoms with Crippen molar-refractivity contribution < 1.29 is 14.7 Å². The molecule has 3 aromatic rings. The van der Waals surface area contributed by atoms with Gasteiger partial charge in [-0.3, -0.25) is 9.59 Å². The molecule has 3 N–H and O–H groups in total. The summed E-state index contributed by atoms with van der Waals surface area (Å²) in [5.41, 5.74) is 0.704. The van der Waals surface area contributed by atoms with Crippen LogP contribution < -0.4 is 10.6 Å². The number of benzene rings is 3. The number of carbonyl (C=O) groups is 2. The van der Waals surface area contributed by atoms with E-state index in [-0.39, 0.29) is 23.8 Å². The number of phenols is 1. The third kappa shape index (κ3) is 4.08. The predicted octanol–water partition coefficient (Wildman–Crippen LogP) is 3.57. The van der Waals surface area contributed by atoms with E-state index in [1.54, 1.807) is 30.3 Å². The molecule has 0 spiro atoms. The van der Waals surface area contributed by atoms with Crippen molar-refractivity contribution in [2.24, 2.45) is 0 Å². The van der Waals surface area contributed by atoms with E-state index in [1.165, 1.54) is 6.07 Å². The molecular weight excluding hydrogens is 340 g/mol. The second-order valence-electron chi connectivity index (χ2n) is 5.45. The van der Waals surface area contributed by atoms with Crippen molar-refractivity contribution in [2.45, 2.75) is 0 Å². The molecule has 0 saturated heterocycles. The Morgan fingerprint density at radius 2 is 1.60 bits per heavy atom. The van der Waals surface area contributed by atoms with Gasteiger partial charge in [-0.25, -0.2) is 0 Å². The van der Waals surface area contributed by atoms with Crippen molar-refractivity contribution in [2.75, 3.05) is 11.9 Å². The van der Waals surface area contributed by atoms with Crippen molar-refractivity contribution in [3.63, 3.8) is 0 Å². The summed E-state index contributed by atoms with van der Waals surface area (Å²) in [4.78, 5) is 24.2. The molecule has 0 fully saturated rings. The van der Waals surface area contributed by atoms with Gasteiger partial charge in [0.15, 0.2) is 0 Å². The Morgan fingerprint density at radius 3 is 2.28 bits per heavy atom. The Bertz CT molecular complexity index is 939. The van der Waals surface area contributed by atoms with Crippen LogP contribution >= 0.6 is 11.6 Å². The standard InChI is InChI=1S/C19H15ClN2O3/c20-14-5-7-15(8-6-14)22-18(24)11-21-19(25)16-9-12-3-1-2-4-13(12)10-17(16)23/h1-10,23H,11H2,(H,21,25)(H,22,24). The molecule has 2 amide bonds. The number of halogens is 1. The second kappa shape index (κ2) is 7.23. The predicted molar refractivity (Wildman–Crippen MR) is 98.0 cm³/mol. The molecule has 0 unspecified atom stereocenters. The summed E-state index contributed by atoms with van der Waals surface area (Å²) in [7, 11) is 0. The number of rotatable bonds is 4. The van der Waals surface area contributed by atoms with E-state index < -0.39 is 5.91 Å². The van der Waals surface area contributed by atoms with Crippen molar-refractivity contribution in [3.8, 4) is 5.75 Å². The molecule has 5 nitrogen and oxygen atoms in total. The van der Waals surface area contributed by atoms with Gasteiger partial charge in [-0.05, 0) is 47.2 Å². The first kappa shape index (κ1) is 16.8. The zero-order valence-corrected chi connectivity index (χ0v) is 13.9. The largest absolute Gasteiger partial charge is 0.507 e. The van der Waals surface area contributed by atoms with Crippen LogP contribution in [0.2, 0.25) is 5.02 Å². The molecule has 25 heavy (non-hydrogen) atoms. The number of carbonyl (C=O) groups excluding carboxylic acids is 2. The van der Waals surface area contributed by atoms with Crippen LogP contribution in [0.3, 0.4) is 0 Å². The smallest absolute Gasteiger partial charge is 0.255 e. The molecule has 0 aliphatic rings. The number of anilines is 1. The Labute approximate surface area is 149 Å². The van der Waals surface area contributed by atoms with E-state index in [9.17, 15) is 14.7 Å². The molecule has 0 heterocycles. The number of fused-ring (bicyclic) bond motifs is 1. The van der Waals surface area contributed by atoms with Crippen molar-refractivity contribution in [1.29, 1.82) is 0 Å². The quantitative estimate of drug-likeness (QED) is 0.670. The van der Waals surface area contributed by atoms with Gasteiger partial charge in [0, 0.05) is 10.7 Å². The summed E-state index contributed by atoms with van der Waals surface area (Å²) in [6.45, 7) is -0.215. The Balaban J connectivity index is 1.65. The van der Waals surface area contributed by atoms with Crippen molar-refractivity contribution in [3.05, 3.63) is 71.2 Å². The van der Waals surface area contributed by atoms with Gasteiger partial charge in [0.2, 0.25) is 5.91 Å². The van der Waals surface area contributed by atoms with Crippen LogP contribution in [0.15, 0.2) is 60.7 Å². The van der Waals surface area contributed by atoms with E-state index in [0.717, 1.165) is 10.8 Å². The molecule has 0 aromatic heterocycles. The molecule has 126 valence electrons. The van der Waals surface area contributed by atoms with Crippen molar-refractivity contribution in [1.82, 2.24) is 5.32 Å². The van der Waals surface area contributed by atoms with Gasteiger partial charge in [0.05, 0.1) is 12.1 Å². The first-order valence-electron chi connectivity index (χ1n) is 7.58. The van der Waals surface area contributed by atoms with Gasteiger partial charge in [0.25, 0.3) is 5.91 Å². The Morgan fingerprint density at radius 1 is 0.960 bits per heavy atom. The highest BCUT2D eigenvalue weighted by Gasteiger charge is 2.13. The minimum absolute atomic E-state index is 0.123. The number of aromatic hydroxyl groups is 1. The molecule has 0 aliphatic heterocycles. The molecule has 0 aliphatic carbocycles. The van der Waals surface area contributed by atoms with Crippen LogP contribution in [0.25, 0.3) is 10.8 Å². The topological polar surface area (TPSA) is 78.4 Å². The SMILES string of the molecule is O=C(CNC(=O)c1cc2ccccc2cc1O)Nc1ccc(Cl)cc1. The van der Waals surface area contributed by atoms with E-state index in [0.29, 0.717) is 10.7 Å². The highest BCUT2D eigenvalue weighted by Crippen LogP contribution is 2.24. The highest BCUT2D eigenvalue weighted by molar-refractivity contribution is 6.30. The van der Waals surface area contributed by atoms with Crippen LogP contribution in [-0.2, 0) is 4.79 Å². The van der Waals surface area contributed by atoms with Gasteiger partial charge in [-0.2, -0.15) is 0 Å². The van der Waals surface area contributed by atoms with Crippen LogP contribution in [0, 0.1) is 0 Å². The van der Waals surface area contributed by atoms with E-state index in [2.05, 4.69) is 10.6 Å². The first-order valence-corrected chi connectivity index (χ1v) is 7.96. The molecule has 0 radical (unpaired) electrons. The van der Waals surface area contributed by atoms with Crippen LogP contribution in [0.5, 0.6) is 5.75 Å². The molecule has 6 heteroatoms. The molecule has 3 rings (SSSR count). The average molecular weight is 355 g/mol.